The molecule has 1 atom stereocenters. The van der Waals surface area contributed by atoms with Crippen molar-refractivity contribution in [1.29, 1.82) is 0 Å². The van der Waals surface area contributed by atoms with Gasteiger partial charge in [0.15, 0.2) is 0 Å². The summed E-state index contributed by atoms with van der Waals surface area (Å²) in [5.74, 6) is -0.954. The third-order valence-corrected chi connectivity index (χ3v) is 6.79. The van der Waals surface area contributed by atoms with Crippen molar-refractivity contribution in [3.05, 3.63) is 95.3 Å². The fraction of sp³-hybridized carbons (Fsp3) is 0.208. The zero-order valence-corrected chi connectivity index (χ0v) is 18.5. The van der Waals surface area contributed by atoms with Gasteiger partial charge in [-0.25, -0.2) is 12.8 Å². The van der Waals surface area contributed by atoms with Gasteiger partial charge in [0.25, 0.3) is 10.0 Å². The summed E-state index contributed by atoms with van der Waals surface area (Å²) < 4.78 is 40.9. The normalized spacial score (nSPS) is 12.3. The number of rotatable bonds is 7. The Morgan fingerprint density at radius 2 is 1.65 bits per heavy atom. The monoisotopic (exact) mass is 440 g/mol. The predicted octanol–water partition coefficient (Wildman–Crippen LogP) is 4.52. The van der Waals surface area contributed by atoms with Crippen molar-refractivity contribution >= 4 is 21.6 Å². The van der Waals surface area contributed by atoms with Crippen LogP contribution >= 0.6 is 0 Å². The van der Waals surface area contributed by atoms with Gasteiger partial charge >= 0.3 is 0 Å². The number of aryl methyl sites for hydroxylation is 2. The Labute approximate surface area is 182 Å². The van der Waals surface area contributed by atoms with Crippen LogP contribution in [-0.4, -0.2) is 20.9 Å². The number of nitrogens with one attached hydrogen (secondary N) is 1. The fourth-order valence-corrected chi connectivity index (χ4v) is 4.89. The van der Waals surface area contributed by atoms with Crippen LogP contribution in [0.3, 0.4) is 0 Å². The number of hydrogen-bond acceptors (Lipinski definition) is 3. The van der Waals surface area contributed by atoms with Crippen LogP contribution in [0.5, 0.6) is 0 Å². The molecule has 0 saturated carbocycles. The van der Waals surface area contributed by atoms with Crippen molar-refractivity contribution < 1.29 is 17.6 Å². The van der Waals surface area contributed by atoms with Gasteiger partial charge in [-0.2, -0.15) is 0 Å². The molecule has 0 fully saturated rings. The first-order chi connectivity index (χ1) is 14.7. The van der Waals surface area contributed by atoms with E-state index in [0.29, 0.717) is 0 Å². The SMILES string of the molecule is Cc1ccc([C@@H](C)NC(=O)CN(c2ccc(F)cc2)S(=O)(=O)c2ccccc2)c(C)c1. The summed E-state index contributed by atoms with van der Waals surface area (Å²) in [6.07, 6.45) is 0. The molecule has 0 aliphatic heterocycles. The van der Waals surface area contributed by atoms with Gasteiger partial charge < -0.3 is 5.32 Å². The molecule has 0 heterocycles. The molecule has 0 spiro atoms. The van der Waals surface area contributed by atoms with Crippen LogP contribution in [0.4, 0.5) is 10.1 Å². The number of carbonyl (C=O) groups excluding carboxylic acids is 1. The zero-order chi connectivity index (χ0) is 22.6. The Hall–Kier alpha value is -3.19. The number of amides is 1. The summed E-state index contributed by atoms with van der Waals surface area (Å²) in [5.41, 5.74) is 3.33. The molecule has 31 heavy (non-hydrogen) atoms. The number of anilines is 1. The van der Waals surface area contributed by atoms with Gasteiger partial charge in [0.2, 0.25) is 5.91 Å². The lowest BCUT2D eigenvalue weighted by Crippen LogP contribution is -2.41. The lowest BCUT2D eigenvalue weighted by atomic mass is 10.0. The third kappa shape index (κ3) is 5.30. The van der Waals surface area contributed by atoms with E-state index in [1.165, 1.54) is 36.4 Å². The van der Waals surface area contributed by atoms with E-state index in [9.17, 15) is 17.6 Å². The molecule has 0 bridgehead atoms. The average Bonchev–Trinajstić information content (AvgIpc) is 2.73. The number of halogens is 1. The maximum atomic E-state index is 13.4. The summed E-state index contributed by atoms with van der Waals surface area (Å²) in [6, 6.07) is 18.5. The molecule has 5 nitrogen and oxygen atoms in total. The number of sulfonamides is 1. The van der Waals surface area contributed by atoms with Gasteiger partial charge in [-0.3, -0.25) is 9.10 Å². The Morgan fingerprint density at radius 3 is 2.26 bits per heavy atom. The summed E-state index contributed by atoms with van der Waals surface area (Å²) >= 11 is 0. The molecule has 0 aromatic heterocycles. The lowest BCUT2D eigenvalue weighted by Gasteiger charge is -2.25. The van der Waals surface area contributed by atoms with Crippen LogP contribution in [0.2, 0.25) is 0 Å². The highest BCUT2D eigenvalue weighted by Crippen LogP contribution is 2.24. The maximum absolute atomic E-state index is 13.4. The number of carbonyl (C=O) groups is 1. The molecule has 1 N–H and O–H groups in total. The van der Waals surface area contributed by atoms with Crippen molar-refractivity contribution in [3.8, 4) is 0 Å². The lowest BCUT2D eigenvalue weighted by molar-refractivity contribution is -0.120. The average molecular weight is 441 g/mol. The first-order valence-corrected chi connectivity index (χ1v) is 11.3. The highest BCUT2D eigenvalue weighted by Gasteiger charge is 2.27. The minimum atomic E-state index is -4.03. The quantitative estimate of drug-likeness (QED) is 0.588. The fourth-order valence-electron chi connectivity index (χ4n) is 3.45. The second-order valence-electron chi connectivity index (χ2n) is 7.45. The first kappa shape index (κ1) is 22.5. The predicted molar refractivity (Wildman–Crippen MR) is 120 cm³/mol. The Morgan fingerprint density at radius 1 is 1.00 bits per heavy atom. The van der Waals surface area contributed by atoms with Gasteiger partial charge in [0.1, 0.15) is 12.4 Å². The van der Waals surface area contributed by atoms with E-state index in [1.807, 2.05) is 39.0 Å². The van der Waals surface area contributed by atoms with E-state index in [1.54, 1.807) is 18.2 Å². The minimum absolute atomic E-state index is 0.0505. The van der Waals surface area contributed by atoms with Crippen LogP contribution in [0, 0.1) is 19.7 Å². The van der Waals surface area contributed by atoms with Crippen molar-refractivity contribution in [2.24, 2.45) is 0 Å². The highest BCUT2D eigenvalue weighted by molar-refractivity contribution is 7.92. The van der Waals surface area contributed by atoms with Crippen molar-refractivity contribution in [1.82, 2.24) is 5.32 Å². The molecule has 0 aliphatic rings. The molecular weight excluding hydrogens is 415 g/mol. The van der Waals surface area contributed by atoms with Crippen LogP contribution in [0.15, 0.2) is 77.7 Å². The minimum Gasteiger partial charge on any atom is -0.348 e. The molecule has 7 heteroatoms. The molecule has 3 rings (SSSR count). The summed E-state index contributed by atoms with van der Waals surface area (Å²) in [5, 5.41) is 2.87. The Balaban J connectivity index is 1.88. The van der Waals surface area contributed by atoms with Crippen molar-refractivity contribution in [2.75, 3.05) is 10.8 Å². The third-order valence-electron chi connectivity index (χ3n) is 5.00. The maximum Gasteiger partial charge on any atom is 0.264 e. The molecule has 162 valence electrons. The molecule has 0 unspecified atom stereocenters. The van der Waals surface area contributed by atoms with Gasteiger partial charge in [-0.15, -0.1) is 0 Å². The molecule has 3 aromatic rings. The summed E-state index contributed by atoms with van der Waals surface area (Å²) in [6.45, 7) is 5.38. The highest BCUT2D eigenvalue weighted by atomic mass is 32.2. The van der Waals surface area contributed by atoms with Gasteiger partial charge in [-0.1, -0.05) is 42.0 Å². The number of benzene rings is 3. The van der Waals surface area contributed by atoms with Crippen LogP contribution in [-0.2, 0) is 14.8 Å². The van der Waals surface area contributed by atoms with E-state index in [-0.39, 0.29) is 16.6 Å². The van der Waals surface area contributed by atoms with Crippen LogP contribution in [0.25, 0.3) is 0 Å². The van der Waals surface area contributed by atoms with Crippen LogP contribution in [0.1, 0.15) is 29.7 Å². The molecule has 0 radical (unpaired) electrons. The van der Waals surface area contributed by atoms with Crippen molar-refractivity contribution in [3.63, 3.8) is 0 Å². The zero-order valence-electron chi connectivity index (χ0n) is 17.7. The smallest absolute Gasteiger partial charge is 0.264 e. The van der Waals surface area contributed by atoms with Gasteiger partial charge in [0.05, 0.1) is 16.6 Å². The van der Waals surface area contributed by atoms with Gasteiger partial charge in [-0.05, 0) is 68.3 Å². The molecule has 1 amide bonds. The largest absolute Gasteiger partial charge is 0.348 e. The molecule has 3 aromatic carbocycles. The van der Waals surface area contributed by atoms with Crippen LogP contribution < -0.4 is 9.62 Å². The molecular formula is C24H25FN2O3S. The van der Waals surface area contributed by atoms with E-state index < -0.39 is 28.3 Å². The van der Waals surface area contributed by atoms with E-state index >= 15 is 0 Å². The summed E-state index contributed by atoms with van der Waals surface area (Å²) in [7, 11) is -4.03. The number of hydrogen-bond donors (Lipinski definition) is 1. The van der Waals surface area contributed by atoms with E-state index in [2.05, 4.69) is 5.32 Å². The second kappa shape index (κ2) is 9.31. The topological polar surface area (TPSA) is 66.5 Å². The Bertz CT molecular complexity index is 1160. The van der Waals surface area contributed by atoms with E-state index in [0.717, 1.165) is 21.0 Å². The second-order valence-corrected chi connectivity index (χ2v) is 9.31. The Kier molecular flexibility index (Phi) is 6.75. The number of nitrogens with zero attached hydrogens (tertiary/aromatic N) is 1. The van der Waals surface area contributed by atoms with E-state index in [4.69, 9.17) is 0 Å². The van der Waals surface area contributed by atoms with Gasteiger partial charge in [0, 0.05) is 0 Å². The van der Waals surface area contributed by atoms with Crippen molar-refractivity contribution in [2.45, 2.75) is 31.7 Å². The summed E-state index contributed by atoms with van der Waals surface area (Å²) in [4.78, 5) is 12.9. The standard InChI is InChI=1S/C24H25FN2O3S/c1-17-9-14-23(18(2)15-17)19(3)26-24(28)16-27(21-12-10-20(25)11-13-21)31(29,30)22-7-5-4-6-8-22/h4-15,19H,16H2,1-3H3,(H,26,28)/t19-/m1/s1. The first-order valence-electron chi connectivity index (χ1n) is 9.88. The molecule has 0 saturated heterocycles. The molecule has 0 aliphatic carbocycles.